The lowest BCUT2D eigenvalue weighted by Crippen LogP contribution is -2.20. The van der Waals surface area contributed by atoms with E-state index in [9.17, 15) is 9.59 Å². The lowest BCUT2D eigenvalue weighted by molar-refractivity contribution is -0.117. The van der Waals surface area contributed by atoms with Crippen molar-refractivity contribution in [3.63, 3.8) is 0 Å². The molecule has 0 aliphatic heterocycles. The van der Waals surface area contributed by atoms with Crippen LogP contribution in [-0.4, -0.2) is 18.9 Å². The monoisotopic (exact) mass is 316 g/mol. The lowest BCUT2D eigenvalue weighted by atomic mass is 9.86. The van der Waals surface area contributed by atoms with Crippen molar-refractivity contribution in [1.82, 2.24) is 0 Å². The van der Waals surface area contributed by atoms with Crippen LogP contribution in [0.2, 0.25) is 0 Å². The zero-order chi connectivity index (χ0) is 16.4. The van der Waals surface area contributed by atoms with Gasteiger partial charge in [-0.3, -0.25) is 9.59 Å². The molecule has 124 valence electrons. The molecule has 2 aliphatic carbocycles. The fraction of sp³-hybridized carbons (Fsp3) is 0.556. The fourth-order valence-corrected chi connectivity index (χ4v) is 4.15. The summed E-state index contributed by atoms with van der Waals surface area (Å²) in [6.07, 6.45) is 5.70. The van der Waals surface area contributed by atoms with Gasteiger partial charge in [-0.2, -0.15) is 0 Å². The molecule has 2 aliphatic rings. The first-order chi connectivity index (χ1) is 11.0. The molecule has 2 amide bonds. The van der Waals surface area contributed by atoms with Crippen molar-refractivity contribution < 1.29 is 14.3 Å². The van der Waals surface area contributed by atoms with Gasteiger partial charge in [-0.25, -0.2) is 0 Å². The molecule has 0 aromatic heterocycles. The van der Waals surface area contributed by atoms with Gasteiger partial charge < -0.3 is 15.4 Å². The molecule has 1 aromatic rings. The van der Waals surface area contributed by atoms with Gasteiger partial charge in [0.15, 0.2) is 0 Å². The highest BCUT2D eigenvalue weighted by Crippen LogP contribution is 2.49. The van der Waals surface area contributed by atoms with Crippen LogP contribution in [0.3, 0.4) is 0 Å². The number of carbonyl (C=O) groups is 2. The van der Waals surface area contributed by atoms with Gasteiger partial charge in [0.1, 0.15) is 5.75 Å². The number of amides is 2. The van der Waals surface area contributed by atoms with Crippen LogP contribution >= 0.6 is 0 Å². The summed E-state index contributed by atoms with van der Waals surface area (Å²) in [7, 11) is 1.57. The molecule has 5 nitrogen and oxygen atoms in total. The second-order valence-electron chi connectivity index (χ2n) is 6.78. The minimum atomic E-state index is -0.144. The SMILES string of the molecule is COc1ccc(NC(C)=O)cc1NC(=O)CC1CC2CCC1C2. The maximum absolute atomic E-state index is 12.4. The van der Waals surface area contributed by atoms with Crippen LogP contribution in [0, 0.1) is 17.8 Å². The Bertz CT molecular complexity index is 614. The second-order valence-corrected chi connectivity index (χ2v) is 6.78. The van der Waals surface area contributed by atoms with E-state index in [4.69, 9.17) is 4.74 Å². The number of methoxy groups -OCH3 is 1. The van der Waals surface area contributed by atoms with Crippen molar-refractivity contribution >= 4 is 23.2 Å². The molecule has 23 heavy (non-hydrogen) atoms. The van der Waals surface area contributed by atoms with Gasteiger partial charge in [0, 0.05) is 19.0 Å². The second kappa shape index (κ2) is 6.60. The molecule has 3 rings (SSSR count). The fourth-order valence-electron chi connectivity index (χ4n) is 4.15. The van der Waals surface area contributed by atoms with E-state index in [-0.39, 0.29) is 11.8 Å². The molecule has 0 heterocycles. The molecule has 3 unspecified atom stereocenters. The Morgan fingerprint density at radius 2 is 2.04 bits per heavy atom. The number of hydrogen-bond acceptors (Lipinski definition) is 3. The highest BCUT2D eigenvalue weighted by molar-refractivity contribution is 5.95. The molecule has 0 spiro atoms. The average molecular weight is 316 g/mol. The lowest BCUT2D eigenvalue weighted by Gasteiger charge is -2.21. The first-order valence-electron chi connectivity index (χ1n) is 8.30. The number of benzene rings is 1. The number of anilines is 2. The molecule has 5 heteroatoms. The van der Waals surface area contributed by atoms with Crippen molar-refractivity contribution in [3.05, 3.63) is 18.2 Å². The van der Waals surface area contributed by atoms with E-state index >= 15 is 0 Å². The van der Waals surface area contributed by atoms with Crippen molar-refractivity contribution in [3.8, 4) is 5.75 Å². The molecular formula is C18H24N2O3. The van der Waals surface area contributed by atoms with Crippen molar-refractivity contribution in [2.75, 3.05) is 17.7 Å². The van der Waals surface area contributed by atoms with Gasteiger partial charge in [0.2, 0.25) is 11.8 Å². The predicted octanol–water partition coefficient (Wildman–Crippen LogP) is 3.42. The summed E-state index contributed by atoms with van der Waals surface area (Å²) in [6.45, 7) is 1.46. The predicted molar refractivity (Wildman–Crippen MR) is 89.5 cm³/mol. The topological polar surface area (TPSA) is 67.4 Å². The van der Waals surface area contributed by atoms with Gasteiger partial charge >= 0.3 is 0 Å². The normalized spacial score (nSPS) is 25.2. The first kappa shape index (κ1) is 15.8. The number of rotatable bonds is 5. The van der Waals surface area contributed by atoms with Gasteiger partial charge in [0.25, 0.3) is 0 Å². The summed E-state index contributed by atoms with van der Waals surface area (Å²) in [5, 5.41) is 5.67. The standard InChI is InChI=1S/C18H24N2O3/c1-11(21)19-15-5-6-17(23-2)16(10-15)20-18(22)9-14-8-12-3-4-13(14)7-12/h5-6,10,12-14H,3-4,7-9H2,1-2H3,(H,19,21)(H,20,22). The zero-order valence-corrected chi connectivity index (χ0v) is 13.7. The van der Waals surface area contributed by atoms with Crippen LogP contribution in [0.4, 0.5) is 11.4 Å². The maximum Gasteiger partial charge on any atom is 0.224 e. The van der Waals surface area contributed by atoms with Crippen LogP contribution in [0.5, 0.6) is 5.75 Å². The van der Waals surface area contributed by atoms with E-state index in [0.717, 1.165) is 11.8 Å². The highest BCUT2D eigenvalue weighted by Gasteiger charge is 2.40. The Kier molecular flexibility index (Phi) is 4.55. The smallest absolute Gasteiger partial charge is 0.224 e. The molecule has 0 saturated heterocycles. The highest BCUT2D eigenvalue weighted by atomic mass is 16.5. The summed E-state index contributed by atoms with van der Waals surface area (Å²) >= 11 is 0. The Balaban J connectivity index is 1.65. The van der Waals surface area contributed by atoms with E-state index in [0.29, 0.717) is 29.5 Å². The summed E-state index contributed by atoms with van der Waals surface area (Å²) in [4.78, 5) is 23.6. The van der Waals surface area contributed by atoms with Crippen molar-refractivity contribution in [2.45, 2.75) is 39.0 Å². The third-order valence-corrected chi connectivity index (χ3v) is 5.13. The largest absolute Gasteiger partial charge is 0.495 e. The average Bonchev–Trinajstić information content (AvgIpc) is 3.09. The van der Waals surface area contributed by atoms with E-state index in [2.05, 4.69) is 10.6 Å². The van der Waals surface area contributed by atoms with Crippen LogP contribution in [0.1, 0.15) is 39.0 Å². The molecule has 2 saturated carbocycles. The number of fused-ring (bicyclic) bond motifs is 2. The Labute approximate surface area is 136 Å². The third-order valence-electron chi connectivity index (χ3n) is 5.13. The molecule has 0 radical (unpaired) electrons. The number of nitrogens with one attached hydrogen (secondary N) is 2. The van der Waals surface area contributed by atoms with Crippen LogP contribution < -0.4 is 15.4 Å². The van der Waals surface area contributed by atoms with E-state index in [1.165, 1.54) is 32.6 Å². The van der Waals surface area contributed by atoms with E-state index < -0.39 is 0 Å². The summed E-state index contributed by atoms with van der Waals surface area (Å²) in [6, 6.07) is 5.24. The molecule has 2 N–H and O–H groups in total. The van der Waals surface area contributed by atoms with Gasteiger partial charge in [-0.05, 0) is 55.2 Å². The van der Waals surface area contributed by atoms with Gasteiger partial charge in [-0.15, -0.1) is 0 Å². The first-order valence-corrected chi connectivity index (χ1v) is 8.30. The maximum atomic E-state index is 12.4. The number of carbonyl (C=O) groups excluding carboxylic acids is 2. The zero-order valence-electron chi connectivity index (χ0n) is 13.7. The Morgan fingerprint density at radius 3 is 2.65 bits per heavy atom. The minimum Gasteiger partial charge on any atom is -0.495 e. The van der Waals surface area contributed by atoms with Crippen LogP contribution in [-0.2, 0) is 9.59 Å². The summed E-state index contributed by atoms with van der Waals surface area (Å²) in [5.41, 5.74) is 1.25. The summed E-state index contributed by atoms with van der Waals surface area (Å²) < 4.78 is 5.30. The van der Waals surface area contributed by atoms with Gasteiger partial charge in [0.05, 0.1) is 12.8 Å². The molecule has 2 fully saturated rings. The molecule has 1 aromatic carbocycles. The third kappa shape index (κ3) is 3.66. The number of hydrogen-bond donors (Lipinski definition) is 2. The van der Waals surface area contributed by atoms with E-state index in [1.807, 2.05) is 0 Å². The van der Waals surface area contributed by atoms with Crippen molar-refractivity contribution in [2.24, 2.45) is 17.8 Å². The molecular weight excluding hydrogens is 292 g/mol. The van der Waals surface area contributed by atoms with Gasteiger partial charge in [-0.1, -0.05) is 6.42 Å². The van der Waals surface area contributed by atoms with Crippen LogP contribution in [0.25, 0.3) is 0 Å². The molecule has 3 atom stereocenters. The molecule has 2 bridgehead atoms. The van der Waals surface area contributed by atoms with Crippen LogP contribution in [0.15, 0.2) is 18.2 Å². The number of ether oxygens (including phenoxy) is 1. The quantitative estimate of drug-likeness (QED) is 0.874. The minimum absolute atomic E-state index is 0.0285. The van der Waals surface area contributed by atoms with E-state index in [1.54, 1.807) is 25.3 Å². The Morgan fingerprint density at radius 1 is 1.22 bits per heavy atom. The summed E-state index contributed by atoms with van der Waals surface area (Å²) in [5.74, 6) is 2.59. The van der Waals surface area contributed by atoms with Crippen molar-refractivity contribution in [1.29, 1.82) is 0 Å². The Hall–Kier alpha value is -2.04.